The number of aromatic nitrogens is 1. The number of amides is 1. The van der Waals surface area contributed by atoms with Crippen LogP contribution < -0.4 is 5.73 Å². The van der Waals surface area contributed by atoms with Crippen LogP contribution in [0.4, 0.5) is 10.2 Å². The highest BCUT2D eigenvalue weighted by Gasteiger charge is 2.20. The first-order valence-electron chi connectivity index (χ1n) is 5.16. The van der Waals surface area contributed by atoms with E-state index in [0.29, 0.717) is 0 Å². The third-order valence-corrected chi connectivity index (χ3v) is 2.72. The molecule has 16 heavy (non-hydrogen) atoms. The Morgan fingerprint density at radius 3 is 2.88 bits per heavy atom. The summed E-state index contributed by atoms with van der Waals surface area (Å²) < 4.78 is 13.5. The van der Waals surface area contributed by atoms with E-state index in [4.69, 9.17) is 5.73 Å². The summed E-state index contributed by atoms with van der Waals surface area (Å²) in [5, 5.41) is 0. The minimum Gasteiger partial charge on any atom is -0.381 e. The van der Waals surface area contributed by atoms with E-state index in [1.807, 2.05) is 13.8 Å². The first kappa shape index (κ1) is 12.4. The molecule has 0 aromatic carbocycles. The highest BCUT2D eigenvalue weighted by Crippen LogP contribution is 2.15. The van der Waals surface area contributed by atoms with Crippen molar-refractivity contribution in [2.24, 2.45) is 0 Å². The Morgan fingerprint density at radius 1 is 1.69 bits per heavy atom. The maximum absolute atomic E-state index is 13.5. The lowest BCUT2D eigenvalue weighted by Crippen LogP contribution is -2.35. The fourth-order valence-electron chi connectivity index (χ4n) is 1.29. The lowest BCUT2D eigenvalue weighted by molar-refractivity contribution is 0.0736. The molecule has 0 fully saturated rings. The van der Waals surface area contributed by atoms with Crippen molar-refractivity contribution in [3.8, 4) is 0 Å². The lowest BCUT2D eigenvalue weighted by atomic mass is 10.1. The van der Waals surface area contributed by atoms with Crippen molar-refractivity contribution in [2.45, 2.75) is 26.3 Å². The molecule has 1 aromatic rings. The first-order valence-corrected chi connectivity index (χ1v) is 5.16. The van der Waals surface area contributed by atoms with Gasteiger partial charge in [-0.15, -0.1) is 0 Å². The molecule has 0 radical (unpaired) electrons. The topological polar surface area (TPSA) is 59.2 Å². The van der Waals surface area contributed by atoms with E-state index >= 15 is 0 Å². The highest BCUT2D eigenvalue weighted by atomic mass is 19.1. The summed E-state index contributed by atoms with van der Waals surface area (Å²) in [6.45, 7) is 3.87. The van der Waals surface area contributed by atoms with E-state index in [1.54, 1.807) is 7.05 Å². The van der Waals surface area contributed by atoms with E-state index < -0.39 is 5.82 Å². The van der Waals surface area contributed by atoms with Gasteiger partial charge in [-0.3, -0.25) is 4.79 Å². The molecule has 1 atom stereocenters. The second-order valence-electron chi connectivity index (χ2n) is 3.73. The second kappa shape index (κ2) is 4.92. The minimum absolute atomic E-state index is 0.0321. The summed E-state index contributed by atoms with van der Waals surface area (Å²) in [6.07, 6.45) is 2.14. The Hall–Kier alpha value is -1.65. The number of pyridine rings is 1. The maximum Gasteiger partial charge on any atom is 0.257 e. The molecule has 0 spiro atoms. The molecule has 0 aliphatic rings. The Morgan fingerprint density at radius 2 is 2.31 bits per heavy atom. The summed E-state index contributed by atoms with van der Waals surface area (Å²) in [4.78, 5) is 17.0. The quantitative estimate of drug-likeness (QED) is 0.851. The number of nitrogen functional groups attached to an aromatic ring is 1. The molecule has 88 valence electrons. The van der Waals surface area contributed by atoms with Gasteiger partial charge in [-0.25, -0.2) is 9.37 Å². The number of carbonyl (C=O) groups excluding carboxylic acids is 1. The van der Waals surface area contributed by atoms with E-state index in [1.165, 1.54) is 17.2 Å². The number of halogens is 1. The number of nitrogens with zero attached hydrogens (tertiary/aromatic N) is 2. The summed E-state index contributed by atoms with van der Waals surface area (Å²) in [7, 11) is 1.65. The number of anilines is 1. The van der Waals surface area contributed by atoms with Crippen molar-refractivity contribution in [1.82, 2.24) is 9.88 Å². The fraction of sp³-hybridized carbons (Fsp3) is 0.455. The van der Waals surface area contributed by atoms with Gasteiger partial charge in [-0.05, 0) is 19.4 Å². The molecular weight excluding hydrogens is 209 g/mol. The summed E-state index contributed by atoms with van der Waals surface area (Å²) in [5.41, 5.74) is 5.28. The Bertz CT molecular complexity index is 395. The van der Waals surface area contributed by atoms with Gasteiger partial charge in [0.2, 0.25) is 0 Å². The van der Waals surface area contributed by atoms with Crippen LogP contribution in [0.5, 0.6) is 0 Å². The van der Waals surface area contributed by atoms with Crippen molar-refractivity contribution in [1.29, 1.82) is 0 Å². The van der Waals surface area contributed by atoms with Gasteiger partial charge < -0.3 is 10.6 Å². The molecule has 1 unspecified atom stereocenters. The number of rotatable bonds is 3. The van der Waals surface area contributed by atoms with Crippen LogP contribution in [-0.4, -0.2) is 28.9 Å². The van der Waals surface area contributed by atoms with Gasteiger partial charge in [-0.1, -0.05) is 6.92 Å². The van der Waals surface area contributed by atoms with Gasteiger partial charge in [0.15, 0.2) is 11.6 Å². The standard InChI is InChI=1S/C11H16FN3O/c1-4-7(2)15(3)11(16)8-5-6-14-10(13)9(8)12/h5-7H,4H2,1-3H3,(H2,13,14). The smallest absolute Gasteiger partial charge is 0.257 e. The molecule has 0 aliphatic heterocycles. The summed E-state index contributed by atoms with van der Waals surface area (Å²) in [6, 6.07) is 1.40. The third kappa shape index (κ3) is 2.29. The van der Waals surface area contributed by atoms with Crippen LogP contribution in [0, 0.1) is 5.82 Å². The summed E-state index contributed by atoms with van der Waals surface area (Å²) >= 11 is 0. The molecule has 1 rings (SSSR count). The van der Waals surface area contributed by atoms with Gasteiger partial charge in [-0.2, -0.15) is 0 Å². The van der Waals surface area contributed by atoms with Crippen molar-refractivity contribution in [3.05, 3.63) is 23.6 Å². The maximum atomic E-state index is 13.5. The lowest BCUT2D eigenvalue weighted by Gasteiger charge is -2.24. The van der Waals surface area contributed by atoms with Gasteiger partial charge in [0.25, 0.3) is 5.91 Å². The van der Waals surface area contributed by atoms with Crippen LogP contribution >= 0.6 is 0 Å². The number of hydrogen-bond donors (Lipinski definition) is 1. The van der Waals surface area contributed by atoms with Crippen LogP contribution in [0.1, 0.15) is 30.6 Å². The Labute approximate surface area is 94.3 Å². The minimum atomic E-state index is -0.748. The molecular formula is C11H16FN3O. The van der Waals surface area contributed by atoms with Crippen molar-refractivity contribution in [3.63, 3.8) is 0 Å². The van der Waals surface area contributed by atoms with E-state index in [9.17, 15) is 9.18 Å². The van der Waals surface area contributed by atoms with Crippen LogP contribution in [-0.2, 0) is 0 Å². The molecule has 0 bridgehead atoms. The Balaban J connectivity index is 3.01. The van der Waals surface area contributed by atoms with Gasteiger partial charge in [0.05, 0.1) is 5.56 Å². The molecule has 1 aromatic heterocycles. The number of carbonyl (C=O) groups is 1. The normalized spacial score (nSPS) is 12.2. The zero-order valence-corrected chi connectivity index (χ0v) is 9.70. The SMILES string of the molecule is CCC(C)N(C)C(=O)c1ccnc(N)c1F. The fourth-order valence-corrected chi connectivity index (χ4v) is 1.29. The predicted octanol–water partition coefficient (Wildman–Crippen LogP) is 1.67. The van der Waals surface area contributed by atoms with E-state index in [-0.39, 0.29) is 23.3 Å². The molecule has 1 heterocycles. The highest BCUT2D eigenvalue weighted by molar-refractivity contribution is 5.95. The van der Waals surface area contributed by atoms with E-state index in [2.05, 4.69) is 4.98 Å². The molecule has 1 amide bonds. The van der Waals surface area contributed by atoms with Crippen LogP contribution in [0.25, 0.3) is 0 Å². The van der Waals surface area contributed by atoms with Crippen LogP contribution in [0.3, 0.4) is 0 Å². The molecule has 5 heteroatoms. The number of nitrogens with two attached hydrogens (primary N) is 1. The number of hydrogen-bond acceptors (Lipinski definition) is 3. The molecule has 0 saturated heterocycles. The van der Waals surface area contributed by atoms with Crippen molar-refractivity contribution >= 4 is 11.7 Å². The molecule has 4 nitrogen and oxygen atoms in total. The zero-order valence-electron chi connectivity index (χ0n) is 9.70. The Kier molecular flexibility index (Phi) is 3.82. The monoisotopic (exact) mass is 225 g/mol. The van der Waals surface area contributed by atoms with Crippen molar-refractivity contribution < 1.29 is 9.18 Å². The zero-order chi connectivity index (χ0) is 12.3. The third-order valence-electron chi connectivity index (χ3n) is 2.72. The van der Waals surface area contributed by atoms with Crippen molar-refractivity contribution in [2.75, 3.05) is 12.8 Å². The molecule has 0 aliphatic carbocycles. The van der Waals surface area contributed by atoms with Gasteiger partial charge >= 0.3 is 0 Å². The molecule has 0 saturated carbocycles. The predicted molar refractivity (Wildman–Crippen MR) is 60.5 cm³/mol. The van der Waals surface area contributed by atoms with Gasteiger partial charge in [0.1, 0.15) is 0 Å². The average molecular weight is 225 g/mol. The van der Waals surface area contributed by atoms with E-state index in [0.717, 1.165) is 6.42 Å². The van der Waals surface area contributed by atoms with Crippen LogP contribution in [0.2, 0.25) is 0 Å². The first-order chi connectivity index (χ1) is 7.49. The largest absolute Gasteiger partial charge is 0.381 e. The average Bonchev–Trinajstić information content (AvgIpc) is 2.29. The summed E-state index contributed by atoms with van der Waals surface area (Å²) in [5.74, 6) is -1.37. The van der Waals surface area contributed by atoms with Gasteiger partial charge in [0, 0.05) is 19.3 Å². The molecule has 2 N–H and O–H groups in total. The van der Waals surface area contributed by atoms with Crippen LogP contribution in [0.15, 0.2) is 12.3 Å². The second-order valence-corrected chi connectivity index (χ2v) is 3.73.